The Morgan fingerprint density at radius 2 is 2.10 bits per heavy atom. The maximum Gasteiger partial charge on any atom is 0.269 e. The van der Waals surface area contributed by atoms with Crippen molar-refractivity contribution in [3.05, 3.63) is 68.7 Å². The molecule has 0 heterocycles. The Morgan fingerprint density at radius 1 is 1.30 bits per heavy atom. The molecule has 0 N–H and O–H groups in total. The molecule has 2 aromatic rings. The number of hydrogen-bond donors (Lipinski definition) is 0. The maximum absolute atomic E-state index is 10.7. The molecule has 0 fully saturated rings. The van der Waals surface area contributed by atoms with Crippen molar-refractivity contribution in [1.82, 2.24) is 0 Å². The van der Waals surface area contributed by atoms with Gasteiger partial charge in [0.15, 0.2) is 0 Å². The molecule has 6 heteroatoms. The number of nitro benzene ring substituents is 1. The normalized spacial score (nSPS) is 9.80. The zero-order valence-electron chi connectivity index (χ0n) is 10.2. The second-order valence-electron chi connectivity index (χ2n) is 3.97. The lowest BCUT2D eigenvalue weighted by Crippen LogP contribution is -1.97. The number of nitro groups is 1. The van der Waals surface area contributed by atoms with Crippen molar-refractivity contribution in [3.63, 3.8) is 0 Å². The molecule has 2 aromatic carbocycles. The summed E-state index contributed by atoms with van der Waals surface area (Å²) in [6.45, 7) is 0.160. The molecule has 0 saturated carbocycles. The molecule has 0 aliphatic carbocycles. The molecule has 0 unspecified atom stereocenters. The lowest BCUT2D eigenvalue weighted by Gasteiger charge is -2.08. The number of nitriles is 1. The molecule has 0 atom stereocenters. The van der Waals surface area contributed by atoms with Crippen LogP contribution in [0.3, 0.4) is 0 Å². The molecule has 5 nitrogen and oxygen atoms in total. The quantitative estimate of drug-likeness (QED) is 0.635. The Kier molecular flexibility index (Phi) is 4.18. The number of halogens is 1. The van der Waals surface area contributed by atoms with Crippen molar-refractivity contribution in [1.29, 1.82) is 5.26 Å². The highest BCUT2D eigenvalue weighted by molar-refractivity contribution is 6.32. The number of non-ortho nitro benzene ring substituents is 1. The largest absolute Gasteiger partial charge is 0.487 e. The van der Waals surface area contributed by atoms with Crippen LogP contribution < -0.4 is 4.74 Å². The smallest absolute Gasteiger partial charge is 0.269 e. The predicted molar refractivity (Wildman–Crippen MR) is 73.6 cm³/mol. The molecule has 20 heavy (non-hydrogen) atoms. The fraction of sp³-hybridized carbons (Fsp3) is 0.0714. The lowest BCUT2D eigenvalue weighted by atomic mass is 10.2. The fourth-order valence-corrected chi connectivity index (χ4v) is 1.84. The summed E-state index contributed by atoms with van der Waals surface area (Å²) in [4.78, 5) is 10.2. The summed E-state index contributed by atoms with van der Waals surface area (Å²) in [6.07, 6.45) is 0. The summed E-state index contributed by atoms with van der Waals surface area (Å²) in [6, 6.07) is 12.8. The first-order valence-electron chi connectivity index (χ1n) is 5.66. The summed E-state index contributed by atoms with van der Waals surface area (Å²) in [7, 11) is 0. The van der Waals surface area contributed by atoms with E-state index >= 15 is 0 Å². The van der Waals surface area contributed by atoms with E-state index in [-0.39, 0.29) is 12.3 Å². The highest BCUT2D eigenvalue weighted by Gasteiger charge is 2.07. The van der Waals surface area contributed by atoms with Crippen LogP contribution in [0.15, 0.2) is 42.5 Å². The van der Waals surface area contributed by atoms with Crippen LogP contribution in [0.4, 0.5) is 5.69 Å². The molecule has 0 radical (unpaired) electrons. The zero-order valence-corrected chi connectivity index (χ0v) is 11.0. The van der Waals surface area contributed by atoms with Gasteiger partial charge in [-0.3, -0.25) is 10.1 Å². The van der Waals surface area contributed by atoms with Crippen LogP contribution in [0.25, 0.3) is 0 Å². The third-order valence-corrected chi connectivity index (χ3v) is 2.87. The summed E-state index contributed by atoms with van der Waals surface area (Å²) in [5.74, 6) is 0.428. The monoisotopic (exact) mass is 288 g/mol. The number of hydrogen-bond acceptors (Lipinski definition) is 4. The van der Waals surface area contributed by atoms with Crippen molar-refractivity contribution < 1.29 is 9.66 Å². The summed E-state index contributed by atoms with van der Waals surface area (Å²) >= 11 is 5.97. The van der Waals surface area contributed by atoms with Gasteiger partial charge < -0.3 is 4.74 Å². The van der Waals surface area contributed by atoms with Gasteiger partial charge in [-0.15, -0.1) is 0 Å². The highest BCUT2D eigenvalue weighted by atomic mass is 35.5. The van der Waals surface area contributed by atoms with Gasteiger partial charge in [0.1, 0.15) is 12.4 Å². The van der Waals surface area contributed by atoms with E-state index in [2.05, 4.69) is 0 Å². The van der Waals surface area contributed by atoms with E-state index in [1.54, 1.807) is 24.3 Å². The van der Waals surface area contributed by atoms with Crippen LogP contribution in [-0.4, -0.2) is 4.92 Å². The van der Waals surface area contributed by atoms with Crippen molar-refractivity contribution in [2.75, 3.05) is 0 Å². The summed E-state index contributed by atoms with van der Waals surface area (Å²) in [5, 5.41) is 19.7. The van der Waals surface area contributed by atoms with Crippen LogP contribution in [0.5, 0.6) is 5.75 Å². The lowest BCUT2D eigenvalue weighted by molar-refractivity contribution is -0.384. The summed E-state index contributed by atoms with van der Waals surface area (Å²) < 4.78 is 5.49. The number of ether oxygens (including phenoxy) is 1. The SMILES string of the molecule is N#Cc1ccc(OCc2cccc([N+](=O)[O-])c2)c(Cl)c1. The Balaban J connectivity index is 2.11. The van der Waals surface area contributed by atoms with E-state index in [4.69, 9.17) is 21.6 Å². The van der Waals surface area contributed by atoms with E-state index in [1.807, 2.05) is 6.07 Å². The first-order valence-corrected chi connectivity index (χ1v) is 6.04. The van der Waals surface area contributed by atoms with Gasteiger partial charge in [0.2, 0.25) is 0 Å². The molecular weight excluding hydrogens is 280 g/mol. The Hall–Kier alpha value is -2.58. The van der Waals surface area contributed by atoms with Crippen molar-refractivity contribution in [3.8, 4) is 11.8 Å². The number of rotatable bonds is 4. The number of benzene rings is 2. The molecule has 0 spiro atoms. The molecule has 0 aromatic heterocycles. The van der Waals surface area contributed by atoms with Crippen LogP contribution >= 0.6 is 11.6 Å². The summed E-state index contributed by atoms with van der Waals surface area (Å²) in [5.41, 5.74) is 1.12. The first kappa shape index (κ1) is 13.8. The maximum atomic E-state index is 10.7. The van der Waals surface area contributed by atoms with Gasteiger partial charge in [0, 0.05) is 12.1 Å². The van der Waals surface area contributed by atoms with Gasteiger partial charge in [0.05, 0.1) is 21.6 Å². The molecule has 2 rings (SSSR count). The Labute approximate surface area is 120 Å². The van der Waals surface area contributed by atoms with E-state index in [9.17, 15) is 10.1 Å². The third-order valence-electron chi connectivity index (χ3n) is 2.58. The van der Waals surface area contributed by atoms with Crippen molar-refractivity contribution >= 4 is 17.3 Å². The zero-order chi connectivity index (χ0) is 14.5. The van der Waals surface area contributed by atoms with Gasteiger partial charge in [-0.2, -0.15) is 5.26 Å². The molecule has 0 saturated heterocycles. The van der Waals surface area contributed by atoms with E-state index < -0.39 is 4.92 Å². The fourth-order valence-electron chi connectivity index (χ4n) is 1.61. The average Bonchev–Trinajstić information content (AvgIpc) is 2.46. The Bertz CT molecular complexity index is 695. The molecule has 0 bridgehead atoms. The first-order chi connectivity index (χ1) is 9.60. The second kappa shape index (κ2) is 6.04. The van der Waals surface area contributed by atoms with Crippen molar-refractivity contribution in [2.24, 2.45) is 0 Å². The van der Waals surface area contributed by atoms with Crippen LogP contribution in [0.1, 0.15) is 11.1 Å². The van der Waals surface area contributed by atoms with Crippen LogP contribution in [0, 0.1) is 21.4 Å². The predicted octanol–water partition coefficient (Wildman–Crippen LogP) is 3.70. The minimum Gasteiger partial charge on any atom is -0.487 e. The van der Waals surface area contributed by atoms with Gasteiger partial charge in [-0.05, 0) is 23.8 Å². The molecule has 100 valence electrons. The van der Waals surface area contributed by atoms with Gasteiger partial charge in [0.25, 0.3) is 5.69 Å². The molecule has 0 amide bonds. The van der Waals surface area contributed by atoms with E-state index in [0.29, 0.717) is 21.9 Å². The topological polar surface area (TPSA) is 76.2 Å². The minimum absolute atomic E-state index is 0.0111. The second-order valence-corrected chi connectivity index (χ2v) is 4.38. The van der Waals surface area contributed by atoms with Gasteiger partial charge in [-0.1, -0.05) is 23.7 Å². The minimum atomic E-state index is -0.460. The molecular formula is C14H9ClN2O3. The van der Waals surface area contributed by atoms with Gasteiger partial charge >= 0.3 is 0 Å². The van der Waals surface area contributed by atoms with E-state index in [0.717, 1.165) is 0 Å². The van der Waals surface area contributed by atoms with Crippen LogP contribution in [-0.2, 0) is 6.61 Å². The van der Waals surface area contributed by atoms with Crippen LogP contribution in [0.2, 0.25) is 5.02 Å². The molecule has 0 aliphatic heterocycles. The van der Waals surface area contributed by atoms with Crippen molar-refractivity contribution in [2.45, 2.75) is 6.61 Å². The highest BCUT2D eigenvalue weighted by Crippen LogP contribution is 2.26. The number of nitrogens with zero attached hydrogens (tertiary/aromatic N) is 2. The van der Waals surface area contributed by atoms with E-state index in [1.165, 1.54) is 18.2 Å². The van der Waals surface area contributed by atoms with Gasteiger partial charge in [-0.25, -0.2) is 0 Å². The molecule has 0 aliphatic rings. The Morgan fingerprint density at radius 3 is 2.75 bits per heavy atom. The average molecular weight is 289 g/mol. The standard InChI is InChI=1S/C14H9ClN2O3/c15-13-7-10(8-16)4-5-14(13)20-9-11-2-1-3-12(6-11)17(18)19/h1-7H,9H2. The third kappa shape index (κ3) is 3.25.